The monoisotopic (exact) mass is 480 g/mol. The molecule has 1 saturated heterocycles. The third-order valence-electron chi connectivity index (χ3n) is 4.81. The molecule has 0 aliphatic carbocycles. The number of hydrogen-bond acceptors (Lipinski definition) is 4. The number of rotatable bonds is 4. The zero-order chi connectivity index (χ0) is 23.0. The summed E-state index contributed by atoms with van der Waals surface area (Å²) in [5.41, 5.74) is -1.44. The third kappa shape index (κ3) is 4.78. The summed E-state index contributed by atoms with van der Waals surface area (Å²) in [5.74, 6) is -1.16. The van der Waals surface area contributed by atoms with Crippen molar-refractivity contribution in [2.75, 3.05) is 33.3 Å². The molecule has 0 N–H and O–H groups in total. The van der Waals surface area contributed by atoms with Crippen molar-refractivity contribution in [2.45, 2.75) is 11.1 Å². The Kier molecular flexibility index (Phi) is 6.49. The Morgan fingerprint density at radius 2 is 1.71 bits per heavy atom. The number of carbonyl (C=O) groups excluding carboxylic acids is 1. The van der Waals surface area contributed by atoms with E-state index in [2.05, 4.69) is 0 Å². The molecule has 12 heteroatoms. The van der Waals surface area contributed by atoms with E-state index in [1.807, 2.05) is 0 Å². The number of amides is 1. The molecule has 0 spiro atoms. The molecule has 0 saturated carbocycles. The highest BCUT2D eigenvalue weighted by Gasteiger charge is 2.36. The number of halogens is 5. The molecule has 1 heterocycles. The van der Waals surface area contributed by atoms with E-state index in [0.29, 0.717) is 6.07 Å². The van der Waals surface area contributed by atoms with Gasteiger partial charge >= 0.3 is 6.18 Å². The van der Waals surface area contributed by atoms with Crippen molar-refractivity contribution < 1.29 is 35.5 Å². The minimum Gasteiger partial charge on any atom is -0.497 e. The Bertz CT molecular complexity index is 1100. The van der Waals surface area contributed by atoms with Crippen LogP contribution in [-0.2, 0) is 16.2 Å². The maximum absolute atomic E-state index is 14.2. The molecule has 6 nitrogen and oxygen atoms in total. The standard InChI is InChI=1S/C19H17ClF4N2O4S/c1-30-12-2-4-14(17(21)10-12)18(27)25-6-8-26(9-7-25)31(28,29)13-3-5-16(20)15(11-13)19(22,23)24/h2-5,10-11H,6-9H2,1H3. The predicted molar refractivity (Wildman–Crippen MR) is 104 cm³/mol. The number of piperazine rings is 1. The average molecular weight is 481 g/mol. The number of carbonyl (C=O) groups is 1. The molecule has 0 unspecified atom stereocenters. The van der Waals surface area contributed by atoms with Gasteiger partial charge in [0.2, 0.25) is 10.0 Å². The molecule has 2 aromatic rings. The first-order valence-electron chi connectivity index (χ1n) is 8.95. The van der Waals surface area contributed by atoms with Crippen LogP contribution in [0.2, 0.25) is 5.02 Å². The first-order chi connectivity index (χ1) is 14.4. The Labute approximate surface area is 181 Å². The summed E-state index contributed by atoms with van der Waals surface area (Å²) in [6, 6.07) is 6.12. The molecule has 0 bridgehead atoms. The molecule has 1 fully saturated rings. The van der Waals surface area contributed by atoms with E-state index in [4.69, 9.17) is 16.3 Å². The summed E-state index contributed by atoms with van der Waals surface area (Å²) < 4.78 is 84.8. The summed E-state index contributed by atoms with van der Waals surface area (Å²) in [6.07, 6.45) is -4.81. The first-order valence-corrected chi connectivity index (χ1v) is 10.8. The topological polar surface area (TPSA) is 66.9 Å². The van der Waals surface area contributed by atoms with E-state index in [1.54, 1.807) is 0 Å². The quantitative estimate of drug-likeness (QED) is 0.627. The maximum atomic E-state index is 14.2. The summed E-state index contributed by atoms with van der Waals surface area (Å²) in [5, 5.41) is -0.608. The number of methoxy groups -OCH3 is 1. The van der Waals surface area contributed by atoms with E-state index in [1.165, 1.54) is 24.1 Å². The third-order valence-corrected chi connectivity index (χ3v) is 7.04. The largest absolute Gasteiger partial charge is 0.497 e. The van der Waals surface area contributed by atoms with E-state index in [-0.39, 0.29) is 37.5 Å². The Morgan fingerprint density at radius 1 is 1.06 bits per heavy atom. The van der Waals surface area contributed by atoms with Crippen LogP contribution in [0.15, 0.2) is 41.3 Å². The van der Waals surface area contributed by atoms with Gasteiger partial charge in [0.15, 0.2) is 0 Å². The van der Waals surface area contributed by atoms with Crippen molar-refractivity contribution in [1.29, 1.82) is 0 Å². The molecule has 1 aliphatic rings. The highest BCUT2D eigenvalue weighted by atomic mass is 35.5. The molecule has 0 atom stereocenters. The number of hydrogen-bond donors (Lipinski definition) is 0. The fourth-order valence-electron chi connectivity index (χ4n) is 3.13. The van der Waals surface area contributed by atoms with Crippen LogP contribution >= 0.6 is 11.6 Å². The second-order valence-corrected chi connectivity index (χ2v) is 9.03. The zero-order valence-corrected chi connectivity index (χ0v) is 17.7. The molecule has 1 aliphatic heterocycles. The summed E-state index contributed by atoms with van der Waals surface area (Å²) in [7, 11) is -2.89. The molecule has 31 heavy (non-hydrogen) atoms. The van der Waals surface area contributed by atoms with Crippen molar-refractivity contribution in [1.82, 2.24) is 9.21 Å². The second kappa shape index (κ2) is 8.64. The van der Waals surface area contributed by atoms with Gasteiger partial charge in [0.25, 0.3) is 5.91 Å². The molecular formula is C19H17ClF4N2O4S. The number of sulfonamides is 1. The van der Waals surface area contributed by atoms with Gasteiger partial charge in [-0.2, -0.15) is 17.5 Å². The van der Waals surface area contributed by atoms with Gasteiger partial charge in [-0.05, 0) is 30.3 Å². The average Bonchev–Trinajstić information content (AvgIpc) is 2.72. The predicted octanol–water partition coefficient (Wildman–Crippen LogP) is 3.65. The van der Waals surface area contributed by atoms with E-state index < -0.39 is 43.4 Å². The smallest absolute Gasteiger partial charge is 0.417 e. The Hall–Kier alpha value is -2.37. The van der Waals surface area contributed by atoms with E-state index >= 15 is 0 Å². The Balaban J connectivity index is 1.75. The van der Waals surface area contributed by atoms with Crippen LogP contribution in [0.25, 0.3) is 0 Å². The van der Waals surface area contributed by atoms with Gasteiger partial charge in [0.05, 0.1) is 28.2 Å². The SMILES string of the molecule is COc1ccc(C(=O)N2CCN(S(=O)(=O)c3ccc(Cl)c(C(F)(F)F)c3)CC2)c(F)c1. The van der Waals surface area contributed by atoms with Crippen LogP contribution in [0.3, 0.4) is 0 Å². The lowest BCUT2D eigenvalue weighted by Gasteiger charge is -2.34. The van der Waals surface area contributed by atoms with Gasteiger partial charge in [-0.3, -0.25) is 4.79 Å². The summed E-state index contributed by atoms with van der Waals surface area (Å²) in [6.45, 7) is -0.419. The van der Waals surface area contributed by atoms with E-state index in [0.717, 1.165) is 22.5 Å². The Morgan fingerprint density at radius 3 is 2.26 bits per heavy atom. The van der Waals surface area contributed by atoms with Crippen LogP contribution in [0.5, 0.6) is 5.75 Å². The normalized spacial score (nSPS) is 15.7. The minimum absolute atomic E-state index is 0.0523. The molecule has 3 rings (SSSR count). The van der Waals surface area contributed by atoms with Gasteiger partial charge in [-0.15, -0.1) is 0 Å². The zero-order valence-electron chi connectivity index (χ0n) is 16.1. The number of alkyl halides is 3. The second-order valence-electron chi connectivity index (χ2n) is 6.68. The van der Waals surface area contributed by atoms with Gasteiger partial charge in [-0.25, -0.2) is 12.8 Å². The van der Waals surface area contributed by atoms with Crippen molar-refractivity contribution in [3.63, 3.8) is 0 Å². The van der Waals surface area contributed by atoms with Crippen molar-refractivity contribution in [2.24, 2.45) is 0 Å². The van der Waals surface area contributed by atoms with Crippen molar-refractivity contribution in [3.8, 4) is 5.75 Å². The first kappa shape index (κ1) is 23.3. The lowest BCUT2D eigenvalue weighted by Crippen LogP contribution is -2.50. The van der Waals surface area contributed by atoms with Gasteiger partial charge < -0.3 is 9.64 Å². The minimum atomic E-state index is -4.81. The van der Waals surface area contributed by atoms with Crippen LogP contribution in [0.4, 0.5) is 17.6 Å². The fraction of sp³-hybridized carbons (Fsp3) is 0.316. The fourth-order valence-corrected chi connectivity index (χ4v) is 4.80. The summed E-state index contributed by atoms with van der Waals surface area (Å²) >= 11 is 5.55. The maximum Gasteiger partial charge on any atom is 0.417 e. The highest BCUT2D eigenvalue weighted by Crippen LogP contribution is 2.36. The summed E-state index contributed by atoms with van der Waals surface area (Å²) in [4.78, 5) is 13.3. The van der Waals surface area contributed by atoms with Crippen LogP contribution < -0.4 is 4.74 Å². The molecule has 1 amide bonds. The van der Waals surface area contributed by atoms with Crippen LogP contribution in [0, 0.1) is 5.82 Å². The number of ether oxygens (including phenoxy) is 1. The molecule has 2 aromatic carbocycles. The number of nitrogens with zero attached hydrogens (tertiary/aromatic N) is 2. The highest BCUT2D eigenvalue weighted by molar-refractivity contribution is 7.89. The van der Waals surface area contributed by atoms with Crippen LogP contribution in [-0.4, -0.2) is 56.8 Å². The van der Waals surface area contributed by atoms with Gasteiger partial charge in [0, 0.05) is 32.2 Å². The van der Waals surface area contributed by atoms with Gasteiger partial charge in [-0.1, -0.05) is 11.6 Å². The van der Waals surface area contributed by atoms with Crippen molar-refractivity contribution in [3.05, 3.63) is 58.4 Å². The lowest BCUT2D eigenvalue weighted by molar-refractivity contribution is -0.137. The number of benzene rings is 2. The van der Waals surface area contributed by atoms with Crippen molar-refractivity contribution >= 4 is 27.5 Å². The van der Waals surface area contributed by atoms with Crippen LogP contribution in [0.1, 0.15) is 15.9 Å². The molecule has 168 valence electrons. The lowest BCUT2D eigenvalue weighted by atomic mass is 10.1. The molecule has 0 radical (unpaired) electrons. The molecular weight excluding hydrogens is 464 g/mol. The van der Waals surface area contributed by atoms with E-state index in [9.17, 15) is 30.8 Å². The van der Waals surface area contributed by atoms with Gasteiger partial charge in [0.1, 0.15) is 11.6 Å². The molecule has 0 aromatic heterocycles.